The number of aromatic amines is 1. The van der Waals surface area contributed by atoms with E-state index in [1.54, 1.807) is 6.92 Å². The molecule has 1 N–H and O–H groups in total. The van der Waals surface area contributed by atoms with Gasteiger partial charge in [0, 0.05) is 17.5 Å². The highest BCUT2D eigenvalue weighted by Crippen LogP contribution is 2.28. The lowest BCUT2D eigenvalue weighted by atomic mass is 10.1. The number of nitrogens with zero attached hydrogens (tertiary/aromatic N) is 1. The van der Waals surface area contributed by atoms with Gasteiger partial charge in [-0.25, -0.2) is 9.37 Å². The maximum atomic E-state index is 13.0. The summed E-state index contributed by atoms with van der Waals surface area (Å²) >= 11 is 5.99. The van der Waals surface area contributed by atoms with Crippen molar-refractivity contribution in [3.05, 3.63) is 50.8 Å². The molecule has 0 saturated heterocycles. The third-order valence-electron chi connectivity index (χ3n) is 2.72. The monoisotopic (exact) mass is 266 g/mol. The second kappa shape index (κ2) is 4.90. The lowest BCUT2D eigenvalue weighted by Gasteiger charge is -2.08. The number of hydrogen-bond donors (Lipinski definition) is 1. The van der Waals surface area contributed by atoms with Gasteiger partial charge in [-0.05, 0) is 25.1 Å². The molecule has 0 bridgehead atoms. The number of benzene rings is 1. The van der Waals surface area contributed by atoms with Crippen LogP contribution in [-0.4, -0.2) is 9.97 Å². The Morgan fingerprint density at radius 3 is 2.78 bits per heavy atom. The van der Waals surface area contributed by atoms with Crippen LogP contribution in [0.3, 0.4) is 0 Å². The Bertz CT molecular complexity index is 652. The molecule has 0 unspecified atom stereocenters. The van der Waals surface area contributed by atoms with Crippen molar-refractivity contribution in [1.82, 2.24) is 9.97 Å². The summed E-state index contributed by atoms with van der Waals surface area (Å²) in [6.45, 7) is 3.56. The van der Waals surface area contributed by atoms with Crippen molar-refractivity contribution in [2.45, 2.75) is 20.3 Å². The van der Waals surface area contributed by atoms with Crippen LogP contribution in [0.15, 0.2) is 23.0 Å². The minimum Gasteiger partial charge on any atom is -0.310 e. The van der Waals surface area contributed by atoms with Crippen molar-refractivity contribution < 1.29 is 4.39 Å². The van der Waals surface area contributed by atoms with Gasteiger partial charge in [-0.15, -0.1) is 0 Å². The van der Waals surface area contributed by atoms with Gasteiger partial charge in [0.1, 0.15) is 11.6 Å². The molecule has 18 heavy (non-hydrogen) atoms. The molecule has 0 radical (unpaired) electrons. The van der Waals surface area contributed by atoms with Crippen molar-refractivity contribution in [2.75, 3.05) is 0 Å². The second-order valence-corrected chi connectivity index (χ2v) is 4.37. The van der Waals surface area contributed by atoms with Gasteiger partial charge in [0.2, 0.25) is 0 Å². The van der Waals surface area contributed by atoms with E-state index in [2.05, 4.69) is 9.97 Å². The molecule has 3 nitrogen and oxygen atoms in total. The standard InChI is InChI=1S/C13H12ClFN2O/c1-3-11-16-12(7(2)13(18)17-11)9-5-4-8(15)6-10(9)14/h4-6H,3H2,1-2H3,(H,16,17,18). The summed E-state index contributed by atoms with van der Waals surface area (Å²) in [7, 11) is 0. The van der Waals surface area contributed by atoms with Crippen LogP contribution in [0.25, 0.3) is 11.3 Å². The molecular weight excluding hydrogens is 255 g/mol. The second-order valence-electron chi connectivity index (χ2n) is 3.96. The Balaban J connectivity index is 2.70. The zero-order chi connectivity index (χ0) is 13.3. The van der Waals surface area contributed by atoms with Gasteiger partial charge in [0.25, 0.3) is 5.56 Å². The number of hydrogen-bond acceptors (Lipinski definition) is 2. The summed E-state index contributed by atoms with van der Waals surface area (Å²) < 4.78 is 13.0. The van der Waals surface area contributed by atoms with Gasteiger partial charge in [-0.3, -0.25) is 4.79 Å². The van der Waals surface area contributed by atoms with E-state index in [0.29, 0.717) is 29.1 Å². The van der Waals surface area contributed by atoms with Gasteiger partial charge < -0.3 is 4.98 Å². The average Bonchev–Trinajstić information content (AvgIpc) is 2.33. The molecule has 1 aromatic heterocycles. The largest absolute Gasteiger partial charge is 0.310 e. The SMILES string of the molecule is CCc1nc(-c2ccc(F)cc2Cl)c(C)c(=O)[nH]1. The predicted molar refractivity (Wildman–Crippen MR) is 69.4 cm³/mol. The predicted octanol–water partition coefficient (Wildman–Crippen LogP) is 3.10. The normalized spacial score (nSPS) is 10.7. The molecule has 0 amide bonds. The molecule has 1 aromatic carbocycles. The quantitative estimate of drug-likeness (QED) is 0.908. The van der Waals surface area contributed by atoms with Crippen LogP contribution >= 0.6 is 11.6 Å². The maximum Gasteiger partial charge on any atom is 0.254 e. The van der Waals surface area contributed by atoms with Gasteiger partial charge >= 0.3 is 0 Å². The Labute approximate surface area is 109 Å². The van der Waals surface area contributed by atoms with Crippen LogP contribution in [0.5, 0.6) is 0 Å². The lowest BCUT2D eigenvalue weighted by molar-refractivity contribution is 0.628. The van der Waals surface area contributed by atoms with Crippen LogP contribution in [0, 0.1) is 12.7 Å². The molecule has 0 aliphatic heterocycles. The lowest BCUT2D eigenvalue weighted by Crippen LogP contribution is -2.15. The summed E-state index contributed by atoms with van der Waals surface area (Å²) in [4.78, 5) is 18.8. The fourth-order valence-electron chi connectivity index (χ4n) is 1.69. The highest BCUT2D eigenvalue weighted by atomic mass is 35.5. The summed E-state index contributed by atoms with van der Waals surface area (Å²) in [5, 5.41) is 0.248. The van der Waals surface area contributed by atoms with Crippen molar-refractivity contribution in [2.24, 2.45) is 0 Å². The average molecular weight is 267 g/mol. The fraction of sp³-hybridized carbons (Fsp3) is 0.231. The number of rotatable bonds is 2. The number of aromatic nitrogens is 2. The molecule has 2 aromatic rings. The van der Waals surface area contributed by atoms with Gasteiger partial charge in [-0.1, -0.05) is 18.5 Å². The molecule has 0 aliphatic rings. The molecule has 0 aliphatic carbocycles. The minimum absolute atomic E-state index is 0.197. The molecule has 94 valence electrons. The minimum atomic E-state index is -0.415. The third kappa shape index (κ3) is 2.29. The van der Waals surface area contributed by atoms with E-state index in [0.717, 1.165) is 0 Å². The third-order valence-corrected chi connectivity index (χ3v) is 3.03. The number of aryl methyl sites for hydroxylation is 1. The van der Waals surface area contributed by atoms with E-state index in [4.69, 9.17) is 11.6 Å². The van der Waals surface area contributed by atoms with Crippen LogP contribution in [0.4, 0.5) is 4.39 Å². The van der Waals surface area contributed by atoms with E-state index in [9.17, 15) is 9.18 Å². The fourth-order valence-corrected chi connectivity index (χ4v) is 1.95. The summed E-state index contributed by atoms with van der Waals surface area (Å²) in [5.41, 5.74) is 1.34. The molecule has 2 rings (SSSR count). The Morgan fingerprint density at radius 2 is 2.17 bits per heavy atom. The Morgan fingerprint density at radius 1 is 1.44 bits per heavy atom. The highest BCUT2D eigenvalue weighted by Gasteiger charge is 2.12. The van der Waals surface area contributed by atoms with Gasteiger partial charge in [0.15, 0.2) is 0 Å². The first-order chi connectivity index (χ1) is 8.52. The van der Waals surface area contributed by atoms with Crippen LogP contribution in [0.1, 0.15) is 18.3 Å². The molecular formula is C13H12ClFN2O. The Kier molecular flexibility index (Phi) is 3.48. The van der Waals surface area contributed by atoms with Crippen molar-refractivity contribution in [3.63, 3.8) is 0 Å². The molecule has 0 saturated carbocycles. The molecule has 0 spiro atoms. The van der Waals surface area contributed by atoms with E-state index in [-0.39, 0.29) is 10.6 Å². The smallest absolute Gasteiger partial charge is 0.254 e. The summed E-state index contributed by atoms with van der Waals surface area (Å²) in [6.07, 6.45) is 0.612. The van der Waals surface area contributed by atoms with Crippen molar-refractivity contribution in [3.8, 4) is 11.3 Å². The van der Waals surface area contributed by atoms with E-state index in [1.807, 2.05) is 6.92 Å². The van der Waals surface area contributed by atoms with Crippen molar-refractivity contribution in [1.29, 1.82) is 0 Å². The first-order valence-corrected chi connectivity index (χ1v) is 5.96. The van der Waals surface area contributed by atoms with Crippen LogP contribution in [0.2, 0.25) is 5.02 Å². The zero-order valence-electron chi connectivity index (χ0n) is 10.1. The van der Waals surface area contributed by atoms with Crippen LogP contribution < -0.4 is 5.56 Å². The first kappa shape index (κ1) is 12.8. The van der Waals surface area contributed by atoms with Crippen LogP contribution in [-0.2, 0) is 6.42 Å². The summed E-state index contributed by atoms with van der Waals surface area (Å²) in [5.74, 6) is 0.169. The maximum absolute atomic E-state index is 13.0. The van der Waals surface area contributed by atoms with E-state index in [1.165, 1.54) is 18.2 Å². The summed E-state index contributed by atoms with van der Waals surface area (Å²) in [6, 6.07) is 4.05. The highest BCUT2D eigenvalue weighted by molar-refractivity contribution is 6.33. The molecule has 0 fully saturated rings. The van der Waals surface area contributed by atoms with E-state index >= 15 is 0 Å². The zero-order valence-corrected chi connectivity index (χ0v) is 10.8. The molecule has 1 heterocycles. The first-order valence-electron chi connectivity index (χ1n) is 5.58. The number of nitrogens with one attached hydrogen (secondary N) is 1. The molecule has 0 atom stereocenters. The topological polar surface area (TPSA) is 45.8 Å². The Hall–Kier alpha value is -1.68. The number of H-pyrrole nitrogens is 1. The molecule has 5 heteroatoms. The van der Waals surface area contributed by atoms with Crippen molar-refractivity contribution >= 4 is 11.6 Å². The van der Waals surface area contributed by atoms with E-state index < -0.39 is 5.82 Å². The van der Waals surface area contributed by atoms with Gasteiger partial charge in [-0.2, -0.15) is 0 Å². The van der Waals surface area contributed by atoms with Gasteiger partial charge in [0.05, 0.1) is 10.7 Å². The number of halogens is 2.